The molecule has 228 valence electrons. The van der Waals surface area contributed by atoms with E-state index in [0.717, 1.165) is 80.2 Å². The maximum atomic E-state index is 5.90. The number of aryl methyl sites for hydroxylation is 1. The van der Waals surface area contributed by atoms with E-state index in [4.69, 9.17) is 9.47 Å². The van der Waals surface area contributed by atoms with E-state index in [-0.39, 0.29) is 0 Å². The van der Waals surface area contributed by atoms with Crippen LogP contribution in [0, 0.1) is 0 Å². The average Bonchev–Trinajstić information content (AvgIpc) is 3.05. The molecule has 6 rings (SSSR count). The molecule has 1 atom stereocenters. The molecule has 0 bridgehead atoms. The van der Waals surface area contributed by atoms with Crippen molar-refractivity contribution >= 4 is 51.2 Å². The van der Waals surface area contributed by atoms with Crippen molar-refractivity contribution in [3.8, 4) is 11.5 Å². The van der Waals surface area contributed by atoms with Crippen LogP contribution in [0.1, 0.15) is 16.8 Å². The highest BCUT2D eigenvalue weighted by atomic mass is 33.1. The first-order chi connectivity index (χ1) is 21.6. The first-order valence-corrected chi connectivity index (χ1v) is 17.9. The molecule has 0 saturated heterocycles. The minimum Gasteiger partial charge on any atom is -0.490 e. The van der Waals surface area contributed by atoms with Gasteiger partial charge in [0.1, 0.15) is 37.0 Å². The van der Waals surface area contributed by atoms with Crippen LogP contribution in [0.3, 0.4) is 0 Å². The van der Waals surface area contributed by atoms with Crippen LogP contribution in [0.25, 0.3) is 18.2 Å². The molecule has 0 radical (unpaired) electrons. The molecule has 2 aromatic carbocycles. The van der Waals surface area contributed by atoms with Crippen LogP contribution in [-0.4, -0.2) is 65.0 Å². The molecule has 3 aliphatic rings. The van der Waals surface area contributed by atoms with Crippen molar-refractivity contribution in [3.63, 3.8) is 0 Å². The molecular formula is C36H42N4O2S2+2. The number of likely N-dealkylation sites (N-methyl/N-ethyl adjacent to an activating group) is 2. The van der Waals surface area contributed by atoms with E-state index in [2.05, 4.69) is 132 Å². The number of aromatic nitrogens is 1. The van der Waals surface area contributed by atoms with E-state index in [9.17, 15) is 0 Å². The maximum Gasteiger partial charge on any atom is 0.205 e. The van der Waals surface area contributed by atoms with Crippen LogP contribution < -0.4 is 28.7 Å². The predicted molar refractivity (Wildman–Crippen MR) is 188 cm³/mol. The summed E-state index contributed by atoms with van der Waals surface area (Å²) in [4.78, 5) is 6.01. The van der Waals surface area contributed by atoms with Crippen molar-refractivity contribution in [1.29, 1.82) is 0 Å². The quantitative estimate of drug-likeness (QED) is 0.178. The van der Waals surface area contributed by atoms with E-state index in [1.807, 2.05) is 21.6 Å². The fourth-order valence-corrected chi connectivity index (χ4v) is 7.64. The summed E-state index contributed by atoms with van der Waals surface area (Å²) in [5, 5.41) is 0. The molecule has 1 aromatic heterocycles. The Morgan fingerprint density at radius 1 is 0.818 bits per heavy atom. The Balaban J connectivity index is 0.963. The van der Waals surface area contributed by atoms with Gasteiger partial charge in [-0.3, -0.25) is 4.90 Å². The van der Waals surface area contributed by atoms with Crippen molar-refractivity contribution in [2.24, 2.45) is 0 Å². The molecule has 0 aliphatic carbocycles. The number of hydrogen-bond acceptors (Lipinski definition) is 6. The molecule has 0 spiro atoms. The van der Waals surface area contributed by atoms with Gasteiger partial charge in [-0.15, -0.1) is 0 Å². The van der Waals surface area contributed by atoms with Crippen LogP contribution in [0.2, 0.25) is 0 Å². The van der Waals surface area contributed by atoms with E-state index in [1.165, 1.54) is 27.5 Å². The SMILES string of the molecule is CN1CCOc2cc(/C=C/C3=CC=CC[NH+]3CCSSCC[n+]3ccccc3/C=C/c3ccc4c(c3)OCCN4C)ccc21. The van der Waals surface area contributed by atoms with E-state index < -0.39 is 0 Å². The zero-order chi connectivity index (χ0) is 30.1. The van der Waals surface area contributed by atoms with Crippen LogP contribution in [0.15, 0.2) is 90.8 Å². The molecule has 4 heterocycles. The third-order valence-corrected chi connectivity index (χ3v) is 10.6. The first kappa shape index (κ1) is 30.4. The summed E-state index contributed by atoms with van der Waals surface area (Å²) >= 11 is 0. The van der Waals surface area contributed by atoms with Gasteiger partial charge < -0.3 is 19.3 Å². The maximum absolute atomic E-state index is 5.90. The van der Waals surface area contributed by atoms with Crippen LogP contribution in [0.4, 0.5) is 11.4 Å². The Labute approximate surface area is 269 Å². The van der Waals surface area contributed by atoms with Crippen molar-refractivity contribution in [2.75, 3.05) is 74.8 Å². The zero-order valence-corrected chi connectivity index (χ0v) is 27.3. The molecule has 1 unspecified atom stereocenters. The number of ether oxygens (including phenoxy) is 2. The largest absolute Gasteiger partial charge is 0.490 e. The molecular weight excluding hydrogens is 585 g/mol. The van der Waals surface area contributed by atoms with Gasteiger partial charge in [-0.05, 0) is 71.8 Å². The number of nitrogens with one attached hydrogen (secondary N) is 1. The normalized spacial score (nSPS) is 17.8. The van der Waals surface area contributed by atoms with Crippen LogP contribution in [0.5, 0.6) is 11.5 Å². The molecule has 0 saturated carbocycles. The Hall–Kier alpha value is -3.59. The Bertz CT molecular complexity index is 1570. The molecule has 1 N–H and O–H groups in total. The Kier molecular flexibility index (Phi) is 10.3. The third-order valence-electron chi connectivity index (χ3n) is 8.21. The van der Waals surface area contributed by atoms with Crippen LogP contribution in [-0.2, 0) is 6.54 Å². The van der Waals surface area contributed by atoms with Crippen LogP contribution >= 0.6 is 21.6 Å². The van der Waals surface area contributed by atoms with Gasteiger partial charge in [0.2, 0.25) is 5.69 Å². The number of pyridine rings is 1. The number of nitrogens with zero attached hydrogens (tertiary/aromatic N) is 3. The fraction of sp³-hybridized carbons (Fsp3) is 0.306. The molecule has 6 nitrogen and oxygen atoms in total. The number of benzene rings is 2. The molecule has 0 amide bonds. The second-order valence-corrected chi connectivity index (χ2v) is 13.9. The zero-order valence-electron chi connectivity index (χ0n) is 25.7. The topological polar surface area (TPSA) is 33.3 Å². The van der Waals surface area contributed by atoms with Gasteiger partial charge in [-0.1, -0.05) is 39.8 Å². The summed E-state index contributed by atoms with van der Waals surface area (Å²) in [5.74, 6) is 4.12. The summed E-state index contributed by atoms with van der Waals surface area (Å²) in [6.07, 6.45) is 17.7. The van der Waals surface area contributed by atoms with Crippen molar-refractivity contribution in [3.05, 3.63) is 108 Å². The second kappa shape index (κ2) is 14.9. The summed E-state index contributed by atoms with van der Waals surface area (Å²) in [5.41, 5.74) is 7.20. The number of fused-ring (bicyclic) bond motifs is 2. The first-order valence-electron chi connectivity index (χ1n) is 15.4. The predicted octanol–water partition coefficient (Wildman–Crippen LogP) is 5.24. The monoisotopic (exact) mass is 626 g/mol. The molecule has 8 heteroatoms. The third kappa shape index (κ3) is 7.73. The van der Waals surface area contributed by atoms with Gasteiger partial charge in [-0.2, -0.15) is 4.57 Å². The molecule has 3 aromatic rings. The standard InChI is InChI=1S/C36H41N4O2S2/c1-37-19-23-41-35-27-29(11-15-33(35)37)9-13-31-7-3-5-17-39(31)21-25-43-44-26-22-40-18-6-4-8-32(40)14-10-30-12-16-34-36(28-30)42-24-20-38(34)2/h3-17,27-28H,18-26H2,1-2H3/q+1/p+1/b14-10+. The minimum atomic E-state index is 0.737. The Morgan fingerprint density at radius 3 is 2.23 bits per heavy atom. The lowest BCUT2D eigenvalue weighted by Gasteiger charge is -2.27. The summed E-state index contributed by atoms with van der Waals surface area (Å²) < 4.78 is 14.1. The van der Waals surface area contributed by atoms with Gasteiger partial charge in [0.25, 0.3) is 0 Å². The van der Waals surface area contributed by atoms with Gasteiger partial charge in [-0.25, -0.2) is 0 Å². The smallest absolute Gasteiger partial charge is 0.205 e. The second-order valence-electron chi connectivity index (χ2n) is 11.2. The number of rotatable bonds is 11. The van der Waals surface area contributed by atoms with E-state index >= 15 is 0 Å². The number of allylic oxidation sites excluding steroid dienone is 3. The number of quaternary nitrogens is 1. The highest BCUT2D eigenvalue weighted by Crippen LogP contribution is 2.33. The van der Waals surface area contributed by atoms with Gasteiger partial charge in [0, 0.05) is 32.3 Å². The Morgan fingerprint density at radius 2 is 1.50 bits per heavy atom. The average molecular weight is 627 g/mol. The number of hydrogen-bond donors (Lipinski definition) is 1. The highest BCUT2D eigenvalue weighted by Gasteiger charge is 2.17. The summed E-state index contributed by atoms with van der Waals surface area (Å²) in [7, 11) is 8.18. The lowest BCUT2D eigenvalue weighted by atomic mass is 10.1. The van der Waals surface area contributed by atoms with Crippen molar-refractivity contribution in [1.82, 2.24) is 0 Å². The highest BCUT2D eigenvalue weighted by molar-refractivity contribution is 8.76. The summed E-state index contributed by atoms with van der Waals surface area (Å²) in [6.45, 7) is 6.45. The molecule has 44 heavy (non-hydrogen) atoms. The molecule has 3 aliphatic heterocycles. The van der Waals surface area contributed by atoms with Gasteiger partial charge in [0.05, 0.1) is 42.5 Å². The van der Waals surface area contributed by atoms with E-state index in [0.29, 0.717) is 0 Å². The van der Waals surface area contributed by atoms with Crippen molar-refractivity contribution < 1.29 is 18.9 Å². The minimum absolute atomic E-state index is 0.737. The van der Waals surface area contributed by atoms with Gasteiger partial charge in [0.15, 0.2) is 12.7 Å². The van der Waals surface area contributed by atoms with Gasteiger partial charge >= 0.3 is 0 Å². The van der Waals surface area contributed by atoms with E-state index in [1.54, 1.807) is 0 Å². The lowest BCUT2D eigenvalue weighted by molar-refractivity contribution is -0.849. The molecule has 0 fully saturated rings. The lowest BCUT2D eigenvalue weighted by Crippen LogP contribution is -3.10. The number of anilines is 2. The fourth-order valence-electron chi connectivity index (χ4n) is 5.62. The van der Waals surface area contributed by atoms with Crippen molar-refractivity contribution in [2.45, 2.75) is 6.54 Å². The summed E-state index contributed by atoms with van der Waals surface area (Å²) in [6, 6.07) is 19.4.